The molecule has 0 spiro atoms. The van der Waals surface area contributed by atoms with Crippen LogP contribution < -0.4 is 0 Å². The van der Waals surface area contributed by atoms with E-state index in [2.05, 4.69) is 56.5 Å². The fourth-order valence-electron chi connectivity index (χ4n) is 2.88. The maximum absolute atomic E-state index is 5.99. The number of benzene rings is 1. The van der Waals surface area contributed by atoms with Gasteiger partial charge in [-0.15, -0.1) is 0 Å². The molecule has 5 nitrogen and oxygen atoms in total. The standard InChI is InChI=1S/C22H25N3O2/c1-7-22(5,6)20-25-15-10-14-16(11-17(15)27-20)26-19(24-14)13-8-9-18(23-12-13)21(2,3)4/h8-12H,7H2,1-6H3. The highest BCUT2D eigenvalue weighted by atomic mass is 16.4. The van der Waals surface area contributed by atoms with Crippen molar-refractivity contribution >= 4 is 22.2 Å². The van der Waals surface area contributed by atoms with Gasteiger partial charge in [0.1, 0.15) is 11.0 Å². The molecule has 0 N–H and O–H groups in total. The van der Waals surface area contributed by atoms with Crippen LogP contribution in [0.1, 0.15) is 59.5 Å². The van der Waals surface area contributed by atoms with Crippen LogP contribution in [0.15, 0.2) is 39.3 Å². The first kappa shape index (κ1) is 17.7. The van der Waals surface area contributed by atoms with E-state index in [-0.39, 0.29) is 10.8 Å². The molecule has 0 atom stereocenters. The molecule has 0 saturated carbocycles. The van der Waals surface area contributed by atoms with E-state index in [0.717, 1.165) is 40.2 Å². The van der Waals surface area contributed by atoms with Gasteiger partial charge in [0.25, 0.3) is 0 Å². The number of oxazole rings is 2. The third-order valence-corrected chi connectivity index (χ3v) is 5.14. The van der Waals surface area contributed by atoms with E-state index in [1.807, 2.05) is 30.5 Å². The summed E-state index contributed by atoms with van der Waals surface area (Å²) in [5.41, 5.74) is 4.80. The zero-order valence-corrected chi connectivity index (χ0v) is 16.8. The number of hydrogen-bond donors (Lipinski definition) is 0. The maximum atomic E-state index is 5.99. The van der Waals surface area contributed by atoms with Crippen molar-refractivity contribution in [2.75, 3.05) is 0 Å². The Bertz CT molecular complexity index is 1060. The number of nitrogens with zero attached hydrogens (tertiary/aromatic N) is 3. The van der Waals surface area contributed by atoms with Gasteiger partial charge in [0.2, 0.25) is 11.8 Å². The van der Waals surface area contributed by atoms with Gasteiger partial charge < -0.3 is 8.83 Å². The van der Waals surface area contributed by atoms with Crippen molar-refractivity contribution in [1.29, 1.82) is 0 Å². The molecule has 0 amide bonds. The molecule has 27 heavy (non-hydrogen) atoms. The van der Waals surface area contributed by atoms with Gasteiger partial charge >= 0.3 is 0 Å². The number of aromatic nitrogens is 3. The summed E-state index contributed by atoms with van der Waals surface area (Å²) in [6, 6.07) is 7.83. The third-order valence-electron chi connectivity index (χ3n) is 5.14. The zero-order valence-electron chi connectivity index (χ0n) is 16.8. The second kappa shape index (κ2) is 5.91. The Kier molecular flexibility index (Phi) is 3.88. The van der Waals surface area contributed by atoms with E-state index < -0.39 is 0 Å². The molecule has 1 aromatic carbocycles. The van der Waals surface area contributed by atoms with E-state index in [9.17, 15) is 0 Å². The van der Waals surface area contributed by atoms with Gasteiger partial charge in [0.05, 0.1) is 5.56 Å². The monoisotopic (exact) mass is 363 g/mol. The first-order valence-corrected chi connectivity index (χ1v) is 9.36. The first-order chi connectivity index (χ1) is 12.7. The van der Waals surface area contributed by atoms with Crippen molar-refractivity contribution in [3.05, 3.63) is 42.0 Å². The van der Waals surface area contributed by atoms with Crippen LogP contribution in [0.3, 0.4) is 0 Å². The normalized spacial score (nSPS) is 13.0. The summed E-state index contributed by atoms with van der Waals surface area (Å²) in [5.74, 6) is 1.30. The molecule has 0 radical (unpaired) electrons. The topological polar surface area (TPSA) is 65.0 Å². The highest BCUT2D eigenvalue weighted by Crippen LogP contribution is 2.32. The minimum Gasteiger partial charge on any atom is -0.440 e. The molecule has 0 aliphatic carbocycles. The second-order valence-electron chi connectivity index (χ2n) is 8.75. The minimum atomic E-state index is -0.0980. The van der Waals surface area contributed by atoms with Gasteiger partial charge in [-0.25, -0.2) is 9.97 Å². The number of fused-ring (bicyclic) bond motifs is 2. The molecule has 0 saturated heterocycles. The molecule has 0 unspecified atom stereocenters. The fraction of sp³-hybridized carbons (Fsp3) is 0.409. The number of rotatable bonds is 3. The zero-order chi connectivity index (χ0) is 19.4. The second-order valence-corrected chi connectivity index (χ2v) is 8.75. The molecular weight excluding hydrogens is 338 g/mol. The van der Waals surface area contributed by atoms with Crippen LogP contribution in [0.2, 0.25) is 0 Å². The highest BCUT2D eigenvalue weighted by Gasteiger charge is 2.25. The molecule has 0 aliphatic heterocycles. The largest absolute Gasteiger partial charge is 0.440 e. The Balaban J connectivity index is 1.74. The number of hydrogen-bond acceptors (Lipinski definition) is 5. The number of pyridine rings is 1. The van der Waals surface area contributed by atoms with Crippen LogP contribution in [0.25, 0.3) is 33.7 Å². The smallest absolute Gasteiger partial charge is 0.228 e. The SMILES string of the molecule is CCC(C)(C)c1nc2cc3nc(-c4ccc(C(C)(C)C)nc4)oc3cc2o1. The lowest BCUT2D eigenvalue weighted by Crippen LogP contribution is -2.15. The van der Waals surface area contributed by atoms with Crippen molar-refractivity contribution in [1.82, 2.24) is 15.0 Å². The lowest BCUT2D eigenvalue weighted by Gasteiger charge is -2.17. The van der Waals surface area contributed by atoms with Crippen molar-refractivity contribution < 1.29 is 8.83 Å². The van der Waals surface area contributed by atoms with Crippen LogP contribution in [0, 0.1) is 0 Å². The Hall–Kier alpha value is -2.69. The Morgan fingerprint density at radius 3 is 2.22 bits per heavy atom. The van der Waals surface area contributed by atoms with Crippen molar-refractivity contribution in [2.45, 2.75) is 58.8 Å². The van der Waals surface area contributed by atoms with Gasteiger partial charge in [-0.3, -0.25) is 4.98 Å². The Morgan fingerprint density at radius 2 is 1.59 bits per heavy atom. The summed E-state index contributed by atoms with van der Waals surface area (Å²) >= 11 is 0. The molecule has 0 bridgehead atoms. The van der Waals surface area contributed by atoms with Crippen molar-refractivity contribution in [3.8, 4) is 11.5 Å². The van der Waals surface area contributed by atoms with Gasteiger partial charge in [-0.05, 0) is 24.6 Å². The van der Waals surface area contributed by atoms with Crippen LogP contribution in [0.5, 0.6) is 0 Å². The van der Waals surface area contributed by atoms with Crippen LogP contribution in [0.4, 0.5) is 0 Å². The van der Waals surface area contributed by atoms with Crippen LogP contribution in [-0.4, -0.2) is 15.0 Å². The molecule has 3 aromatic heterocycles. The summed E-state index contributed by atoms with van der Waals surface area (Å²) in [6.45, 7) is 12.8. The summed E-state index contributed by atoms with van der Waals surface area (Å²) < 4.78 is 12.0. The molecule has 5 heteroatoms. The quantitative estimate of drug-likeness (QED) is 0.445. The van der Waals surface area contributed by atoms with E-state index in [1.165, 1.54) is 0 Å². The summed E-state index contributed by atoms with van der Waals surface area (Å²) in [6.07, 6.45) is 2.77. The van der Waals surface area contributed by atoms with Crippen LogP contribution in [-0.2, 0) is 10.8 Å². The average Bonchev–Trinajstić information content (AvgIpc) is 3.22. The van der Waals surface area contributed by atoms with E-state index in [1.54, 1.807) is 0 Å². The van der Waals surface area contributed by atoms with Gasteiger partial charge in [0, 0.05) is 28.8 Å². The van der Waals surface area contributed by atoms with E-state index in [4.69, 9.17) is 8.83 Å². The molecule has 4 aromatic rings. The van der Waals surface area contributed by atoms with E-state index >= 15 is 0 Å². The average molecular weight is 363 g/mol. The Morgan fingerprint density at radius 1 is 0.889 bits per heavy atom. The maximum Gasteiger partial charge on any atom is 0.228 e. The van der Waals surface area contributed by atoms with Crippen LogP contribution >= 0.6 is 0 Å². The van der Waals surface area contributed by atoms with Gasteiger partial charge in [-0.2, -0.15) is 0 Å². The summed E-state index contributed by atoms with van der Waals surface area (Å²) in [7, 11) is 0. The molecule has 0 fully saturated rings. The first-order valence-electron chi connectivity index (χ1n) is 9.36. The van der Waals surface area contributed by atoms with E-state index in [0.29, 0.717) is 11.5 Å². The summed E-state index contributed by atoms with van der Waals surface area (Å²) in [4.78, 5) is 13.9. The molecular formula is C22H25N3O2. The molecule has 140 valence electrons. The highest BCUT2D eigenvalue weighted by molar-refractivity contribution is 5.90. The Labute approximate surface area is 158 Å². The minimum absolute atomic E-state index is 0.0138. The fourth-order valence-corrected chi connectivity index (χ4v) is 2.88. The third kappa shape index (κ3) is 3.11. The summed E-state index contributed by atoms with van der Waals surface area (Å²) in [5, 5.41) is 0. The molecule has 3 heterocycles. The van der Waals surface area contributed by atoms with Gasteiger partial charge in [0.15, 0.2) is 11.2 Å². The lowest BCUT2D eigenvalue weighted by atomic mass is 9.90. The lowest BCUT2D eigenvalue weighted by molar-refractivity contribution is 0.373. The molecule has 4 rings (SSSR count). The van der Waals surface area contributed by atoms with Gasteiger partial charge in [-0.1, -0.05) is 41.5 Å². The van der Waals surface area contributed by atoms with Crippen molar-refractivity contribution in [3.63, 3.8) is 0 Å². The predicted octanol–water partition coefficient (Wildman–Crippen LogP) is 6.02. The predicted molar refractivity (Wildman–Crippen MR) is 107 cm³/mol. The molecule has 0 aliphatic rings. The van der Waals surface area contributed by atoms with Crippen molar-refractivity contribution in [2.24, 2.45) is 0 Å².